The first-order chi connectivity index (χ1) is 6.35. The van der Waals surface area contributed by atoms with Gasteiger partial charge in [0.2, 0.25) is 0 Å². The third kappa shape index (κ3) is 2.03. The van der Waals surface area contributed by atoms with E-state index in [1.54, 1.807) is 0 Å². The molecule has 3 heteroatoms. The molecule has 13 heavy (non-hydrogen) atoms. The molecule has 2 aliphatic rings. The summed E-state index contributed by atoms with van der Waals surface area (Å²) in [5.74, 6) is 0. The van der Waals surface area contributed by atoms with Crippen molar-refractivity contribution in [3.8, 4) is 0 Å². The first kappa shape index (κ1) is 9.44. The van der Waals surface area contributed by atoms with Crippen LogP contribution in [0.1, 0.15) is 32.1 Å². The molecule has 1 saturated heterocycles. The molecule has 76 valence electrons. The van der Waals surface area contributed by atoms with Gasteiger partial charge in [0, 0.05) is 18.1 Å². The molecule has 0 amide bonds. The van der Waals surface area contributed by atoms with Crippen LogP contribution in [0.4, 0.5) is 0 Å². The number of piperidine rings is 1. The molecule has 2 rings (SSSR count). The lowest BCUT2D eigenvalue weighted by Crippen LogP contribution is -2.60. The average molecular weight is 183 g/mol. The van der Waals surface area contributed by atoms with Crippen LogP contribution in [0.25, 0.3) is 0 Å². The maximum atomic E-state index is 5.88. The third-order valence-corrected chi connectivity index (χ3v) is 3.57. The maximum absolute atomic E-state index is 5.88. The van der Waals surface area contributed by atoms with E-state index in [9.17, 15) is 0 Å². The molecule has 1 aliphatic carbocycles. The van der Waals surface area contributed by atoms with Gasteiger partial charge in [-0.2, -0.15) is 0 Å². The van der Waals surface area contributed by atoms with E-state index >= 15 is 0 Å². The minimum absolute atomic E-state index is 0.260. The highest BCUT2D eigenvalue weighted by molar-refractivity contribution is 4.97. The van der Waals surface area contributed by atoms with Crippen LogP contribution in [-0.2, 0) is 0 Å². The molecule has 0 aromatic heterocycles. The van der Waals surface area contributed by atoms with Crippen molar-refractivity contribution in [1.82, 2.24) is 10.6 Å². The Morgan fingerprint density at radius 3 is 2.46 bits per heavy atom. The topological polar surface area (TPSA) is 50.1 Å². The average Bonchev–Trinajstić information content (AvgIpc) is 2.13. The van der Waals surface area contributed by atoms with Gasteiger partial charge >= 0.3 is 0 Å². The van der Waals surface area contributed by atoms with Crippen LogP contribution in [0.5, 0.6) is 0 Å². The Hall–Kier alpha value is -0.120. The maximum Gasteiger partial charge on any atom is 0.0330 e. The predicted octanol–water partition coefficient (Wildman–Crippen LogP) is 0.209. The number of nitrogens with two attached hydrogens (primary N) is 1. The second-order valence-corrected chi connectivity index (χ2v) is 4.51. The summed E-state index contributed by atoms with van der Waals surface area (Å²) in [4.78, 5) is 0. The van der Waals surface area contributed by atoms with E-state index in [2.05, 4.69) is 10.6 Å². The lowest BCUT2D eigenvalue weighted by molar-refractivity contribution is 0.185. The van der Waals surface area contributed by atoms with Crippen molar-refractivity contribution in [3.63, 3.8) is 0 Å². The zero-order chi connectivity index (χ0) is 9.15. The molecule has 0 unspecified atom stereocenters. The van der Waals surface area contributed by atoms with Crippen LogP contribution in [0.2, 0.25) is 0 Å². The SMILES string of the molecule is NCC1(NC2CCC2)CCNCC1. The summed E-state index contributed by atoms with van der Waals surface area (Å²) in [5.41, 5.74) is 6.14. The monoisotopic (exact) mass is 183 g/mol. The second-order valence-electron chi connectivity index (χ2n) is 4.51. The summed E-state index contributed by atoms with van der Waals surface area (Å²) in [5, 5.41) is 7.14. The van der Waals surface area contributed by atoms with E-state index in [0.717, 1.165) is 25.7 Å². The van der Waals surface area contributed by atoms with Gasteiger partial charge in [-0.3, -0.25) is 0 Å². The fourth-order valence-corrected chi connectivity index (χ4v) is 2.30. The van der Waals surface area contributed by atoms with Gasteiger partial charge in [-0.1, -0.05) is 6.42 Å². The molecule has 0 spiro atoms. The highest BCUT2D eigenvalue weighted by Gasteiger charge is 2.33. The Balaban J connectivity index is 1.88. The largest absolute Gasteiger partial charge is 0.329 e. The summed E-state index contributed by atoms with van der Waals surface area (Å²) in [6.45, 7) is 3.04. The van der Waals surface area contributed by atoms with Gasteiger partial charge in [-0.05, 0) is 38.8 Å². The van der Waals surface area contributed by atoms with Crippen molar-refractivity contribution < 1.29 is 0 Å². The van der Waals surface area contributed by atoms with Gasteiger partial charge in [-0.25, -0.2) is 0 Å². The highest BCUT2D eigenvalue weighted by atomic mass is 15.1. The molecule has 0 aromatic rings. The van der Waals surface area contributed by atoms with Gasteiger partial charge < -0.3 is 16.4 Å². The van der Waals surface area contributed by atoms with Crippen molar-refractivity contribution >= 4 is 0 Å². The van der Waals surface area contributed by atoms with E-state index in [4.69, 9.17) is 5.73 Å². The van der Waals surface area contributed by atoms with Crippen LogP contribution >= 0.6 is 0 Å². The Kier molecular flexibility index (Phi) is 2.86. The van der Waals surface area contributed by atoms with E-state index < -0.39 is 0 Å². The Labute approximate surface area is 80.5 Å². The summed E-state index contributed by atoms with van der Waals surface area (Å²) in [6.07, 6.45) is 6.50. The summed E-state index contributed by atoms with van der Waals surface area (Å²) in [7, 11) is 0. The van der Waals surface area contributed by atoms with Gasteiger partial charge in [-0.15, -0.1) is 0 Å². The molecule has 3 nitrogen and oxygen atoms in total. The molecule has 1 aliphatic heterocycles. The molecule has 0 bridgehead atoms. The van der Waals surface area contributed by atoms with E-state index in [1.807, 2.05) is 0 Å². The molecule has 1 saturated carbocycles. The fourth-order valence-electron chi connectivity index (χ4n) is 2.30. The number of hydrogen-bond donors (Lipinski definition) is 3. The normalized spacial score (nSPS) is 28.4. The molecule has 0 radical (unpaired) electrons. The molecule has 0 atom stereocenters. The van der Waals surface area contributed by atoms with E-state index in [0.29, 0.717) is 0 Å². The van der Waals surface area contributed by atoms with Crippen molar-refractivity contribution in [2.45, 2.75) is 43.7 Å². The number of nitrogens with one attached hydrogen (secondary N) is 2. The van der Waals surface area contributed by atoms with Crippen LogP contribution in [-0.4, -0.2) is 31.2 Å². The molecular formula is C10H21N3. The summed E-state index contributed by atoms with van der Waals surface area (Å²) >= 11 is 0. The Morgan fingerprint density at radius 1 is 1.31 bits per heavy atom. The third-order valence-electron chi connectivity index (χ3n) is 3.57. The standard InChI is InChI=1S/C10H21N3/c11-8-10(4-6-12-7-5-10)13-9-2-1-3-9/h9,12-13H,1-8,11H2. The van der Waals surface area contributed by atoms with Gasteiger partial charge in [0.15, 0.2) is 0 Å². The molecule has 1 heterocycles. The Bertz CT molecular complexity index is 160. The van der Waals surface area contributed by atoms with Crippen LogP contribution < -0.4 is 16.4 Å². The summed E-state index contributed by atoms with van der Waals surface area (Å²) in [6, 6.07) is 0.765. The first-order valence-electron chi connectivity index (χ1n) is 5.53. The van der Waals surface area contributed by atoms with Crippen molar-refractivity contribution in [3.05, 3.63) is 0 Å². The molecule has 2 fully saturated rings. The zero-order valence-electron chi connectivity index (χ0n) is 8.31. The van der Waals surface area contributed by atoms with Crippen molar-refractivity contribution in [2.24, 2.45) is 5.73 Å². The van der Waals surface area contributed by atoms with E-state index in [1.165, 1.54) is 32.1 Å². The molecule has 4 N–H and O–H groups in total. The quantitative estimate of drug-likeness (QED) is 0.586. The molecular weight excluding hydrogens is 162 g/mol. The predicted molar refractivity (Wildman–Crippen MR) is 54.7 cm³/mol. The van der Waals surface area contributed by atoms with Crippen LogP contribution in [0, 0.1) is 0 Å². The van der Waals surface area contributed by atoms with Crippen LogP contribution in [0.3, 0.4) is 0 Å². The van der Waals surface area contributed by atoms with E-state index in [-0.39, 0.29) is 5.54 Å². The number of hydrogen-bond acceptors (Lipinski definition) is 3. The first-order valence-corrected chi connectivity index (χ1v) is 5.53. The van der Waals surface area contributed by atoms with Gasteiger partial charge in [0.25, 0.3) is 0 Å². The number of rotatable bonds is 3. The fraction of sp³-hybridized carbons (Fsp3) is 1.00. The zero-order valence-corrected chi connectivity index (χ0v) is 8.31. The Morgan fingerprint density at radius 2 is 2.00 bits per heavy atom. The van der Waals surface area contributed by atoms with Crippen molar-refractivity contribution in [1.29, 1.82) is 0 Å². The summed E-state index contributed by atoms with van der Waals surface area (Å²) < 4.78 is 0. The second kappa shape index (κ2) is 3.95. The minimum atomic E-state index is 0.260. The lowest BCUT2D eigenvalue weighted by atomic mass is 9.83. The van der Waals surface area contributed by atoms with Crippen molar-refractivity contribution in [2.75, 3.05) is 19.6 Å². The lowest BCUT2D eigenvalue weighted by Gasteiger charge is -2.43. The minimum Gasteiger partial charge on any atom is -0.329 e. The highest BCUT2D eigenvalue weighted by Crippen LogP contribution is 2.25. The smallest absolute Gasteiger partial charge is 0.0330 e. The van der Waals surface area contributed by atoms with Crippen LogP contribution in [0.15, 0.2) is 0 Å². The van der Waals surface area contributed by atoms with Gasteiger partial charge in [0.1, 0.15) is 0 Å². The van der Waals surface area contributed by atoms with Gasteiger partial charge in [0.05, 0.1) is 0 Å². The molecule has 0 aromatic carbocycles.